The van der Waals surface area contributed by atoms with Crippen molar-refractivity contribution in [3.8, 4) is 0 Å². The quantitative estimate of drug-likeness (QED) is 0.516. The van der Waals surface area contributed by atoms with Gasteiger partial charge in [0, 0.05) is 23.7 Å². The largest absolute Gasteiger partial charge is 0.481 e. The lowest BCUT2D eigenvalue weighted by atomic mass is 9.80. The molecule has 0 saturated heterocycles. The Morgan fingerprint density at radius 2 is 1.79 bits per heavy atom. The fourth-order valence-corrected chi connectivity index (χ4v) is 2.34. The van der Waals surface area contributed by atoms with Gasteiger partial charge in [-0.3, -0.25) is 19.7 Å². The SMILES string of the molecule is CC(CC(C)(C)CC(=O)O)C(=O)Nc1ccc([N+](=O)[O-])cc1.CN. The van der Waals surface area contributed by atoms with Crippen LogP contribution in [0.2, 0.25) is 0 Å². The van der Waals surface area contributed by atoms with Gasteiger partial charge in [0.1, 0.15) is 0 Å². The Balaban J connectivity index is 0.00000254. The number of aliphatic carboxylic acids is 1. The molecular weight excluding hydrogens is 314 g/mol. The first-order valence-electron chi connectivity index (χ1n) is 7.45. The van der Waals surface area contributed by atoms with Crippen molar-refractivity contribution in [1.29, 1.82) is 0 Å². The Kier molecular flexibility index (Phi) is 8.62. The summed E-state index contributed by atoms with van der Waals surface area (Å²) < 4.78 is 0. The third-order valence-electron chi connectivity index (χ3n) is 3.28. The van der Waals surface area contributed by atoms with E-state index >= 15 is 0 Å². The van der Waals surface area contributed by atoms with E-state index in [0.717, 1.165) is 0 Å². The van der Waals surface area contributed by atoms with Gasteiger partial charge in [0.2, 0.25) is 5.91 Å². The molecule has 1 rings (SSSR count). The van der Waals surface area contributed by atoms with E-state index in [0.29, 0.717) is 12.1 Å². The number of hydrogen-bond acceptors (Lipinski definition) is 5. The molecule has 0 aliphatic heterocycles. The summed E-state index contributed by atoms with van der Waals surface area (Å²) in [5.41, 5.74) is 4.44. The van der Waals surface area contributed by atoms with E-state index in [2.05, 4.69) is 11.1 Å². The summed E-state index contributed by atoms with van der Waals surface area (Å²) in [4.78, 5) is 32.9. The minimum absolute atomic E-state index is 0.0118. The first-order valence-corrected chi connectivity index (χ1v) is 7.45. The monoisotopic (exact) mass is 339 g/mol. The number of nitro benzene ring substituents is 1. The van der Waals surface area contributed by atoms with E-state index in [1.54, 1.807) is 20.8 Å². The number of carbonyl (C=O) groups is 2. The van der Waals surface area contributed by atoms with Gasteiger partial charge in [-0.15, -0.1) is 0 Å². The number of nitrogens with two attached hydrogens (primary N) is 1. The van der Waals surface area contributed by atoms with Crippen LogP contribution in [-0.4, -0.2) is 29.0 Å². The van der Waals surface area contributed by atoms with Crippen molar-refractivity contribution >= 4 is 23.3 Å². The fourth-order valence-electron chi connectivity index (χ4n) is 2.34. The Hall–Kier alpha value is -2.48. The second-order valence-electron chi connectivity index (χ2n) is 6.13. The number of hydrogen-bond donors (Lipinski definition) is 3. The number of nitrogens with one attached hydrogen (secondary N) is 1. The van der Waals surface area contributed by atoms with Crippen LogP contribution < -0.4 is 11.1 Å². The number of non-ortho nitro benzene ring substituents is 1. The van der Waals surface area contributed by atoms with Crippen LogP contribution in [0.25, 0.3) is 0 Å². The van der Waals surface area contributed by atoms with Gasteiger partial charge in [0.15, 0.2) is 0 Å². The molecule has 1 unspecified atom stereocenters. The van der Waals surface area contributed by atoms with Crippen LogP contribution in [0.3, 0.4) is 0 Å². The molecule has 0 heterocycles. The Morgan fingerprint density at radius 3 is 2.21 bits per heavy atom. The summed E-state index contributed by atoms with van der Waals surface area (Å²) >= 11 is 0. The second-order valence-corrected chi connectivity index (χ2v) is 6.13. The maximum atomic E-state index is 12.1. The standard InChI is InChI=1S/C15H20N2O5.CH5N/c1-10(8-15(2,3)9-13(18)19)14(20)16-11-4-6-12(7-5-11)17(21)22;1-2/h4-7,10H,8-9H2,1-3H3,(H,16,20)(H,18,19);2H2,1H3. The molecule has 1 aromatic rings. The summed E-state index contributed by atoms with van der Waals surface area (Å²) in [7, 11) is 1.50. The first-order chi connectivity index (χ1) is 11.1. The zero-order chi connectivity index (χ0) is 18.9. The van der Waals surface area contributed by atoms with E-state index in [1.165, 1.54) is 31.3 Å². The highest BCUT2D eigenvalue weighted by Gasteiger charge is 2.27. The molecule has 0 aliphatic rings. The number of nitro groups is 1. The predicted molar refractivity (Wildman–Crippen MR) is 91.7 cm³/mol. The van der Waals surface area contributed by atoms with Gasteiger partial charge < -0.3 is 16.2 Å². The highest BCUT2D eigenvalue weighted by molar-refractivity contribution is 5.92. The topological polar surface area (TPSA) is 136 Å². The molecule has 24 heavy (non-hydrogen) atoms. The molecular formula is C16H25N3O5. The third kappa shape index (κ3) is 7.68. The molecule has 0 spiro atoms. The Bertz CT molecular complexity index is 570. The van der Waals surface area contributed by atoms with Crippen LogP contribution in [0.4, 0.5) is 11.4 Å². The van der Waals surface area contributed by atoms with E-state index in [1.807, 2.05) is 0 Å². The summed E-state index contributed by atoms with van der Waals surface area (Å²) in [6, 6.07) is 5.56. The van der Waals surface area contributed by atoms with Gasteiger partial charge in [0.25, 0.3) is 5.69 Å². The lowest BCUT2D eigenvalue weighted by Gasteiger charge is -2.25. The van der Waals surface area contributed by atoms with Crippen molar-refractivity contribution in [3.05, 3.63) is 34.4 Å². The zero-order valence-electron chi connectivity index (χ0n) is 14.4. The molecule has 0 bridgehead atoms. The van der Waals surface area contributed by atoms with Crippen LogP contribution in [0.15, 0.2) is 24.3 Å². The van der Waals surface area contributed by atoms with Gasteiger partial charge in [0.05, 0.1) is 11.3 Å². The number of rotatable bonds is 7. The van der Waals surface area contributed by atoms with Gasteiger partial charge in [-0.2, -0.15) is 0 Å². The maximum absolute atomic E-state index is 12.1. The summed E-state index contributed by atoms with van der Waals surface area (Å²) in [6.45, 7) is 5.33. The number of anilines is 1. The summed E-state index contributed by atoms with van der Waals surface area (Å²) in [5, 5.41) is 22.1. The molecule has 134 valence electrons. The number of carboxylic acids is 1. The van der Waals surface area contributed by atoms with Crippen molar-refractivity contribution < 1.29 is 19.6 Å². The summed E-state index contributed by atoms with van der Waals surface area (Å²) in [5.74, 6) is -1.51. The number of nitrogens with zero attached hydrogens (tertiary/aromatic N) is 1. The van der Waals surface area contributed by atoms with Gasteiger partial charge in [-0.05, 0) is 31.0 Å². The molecule has 1 amide bonds. The normalized spacial score (nSPS) is 11.7. The van der Waals surface area contributed by atoms with E-state index in [9.17, 15) is 19.7 Å². The van der Waals surface area contributed by atoms with E-state index in [4.69, 9.17) is 5.11 Å². The van der Waals surface area contributed by atoms with Crippen molar-refractivity contribution in [1.82, 2.24) is 0 Å². The van der Waals surface area contributed by atoms with Crippen LogP contribution >= 0.6 is 0 Å². The van der Waals surface area contributed by atoms with Gasteiger partial charge in [-0.25, -0.2) is 0 Å². The van der Waals surface area contributed by atoms with Crippen LogP contribution in [0, 0.1) is 21.4 Å². The molecule has 8 heteroatoms. The van der Waals surface area contributed by atoms with Crippen LogP contribution in [0.5, 0.6) is 0 Å². The molecule has 0 saturated carbocycles. The van der Waals surface area contributed by atoms with Crippen molar-refractivity contribution in [2.24, 2.45) is 17.1 Å². The zero-order valence-corrected chi connectivity index (χ0v) is 14.4. The molecule has 8 nitrogen and oxygen atoms in total. The molecule has 0 fully saturated rings. The Morgan fingerprint density at radius 1 is 1.29 bits per heavy atom. The van der Waals surface area contributed by atoms with Gasteiger partial charge >= 0.3 is 5.97 Å². The third-order valence-corrected chi connectivity index (χ3v) is 3.28. The number of benzene rings is 1. The first kappa shape index (κ1) is 21.5. The predicted octanol–water partition coefficient (Wildman–Crippen LogP) is 2.64. The van der Waals surface area contributed by atoms with Crippen molar-refractivity contribution in [2.45, 2.75) is 33.6 Å². The van der Waals surface area contributed by atoms with Gasteiger partial charge in [-0.1, -0.05) is 20.8 Å². The maximum Gasteiger partial charge on any atom is 0.303 e. The molecule has 1 atom stereocenters. The summed E-state index contributed by atoms with van der Waals surface area (Å²) in [6.07, 6.45) is 0.417. The minimum Gasteiger partial charge on any atom is -0.481 e. The average molecular weight is 339 g/mol. The lowest BCUT2D eigenvalue weighted by Crippen LogP contribution is -2.27. The lowest BCUT2D eigenvalue weighted by molar-refractivity contribution is -0.384. The van der Waals surface area contributed by atoms with Crippen LogP contribution in [0.1, 0.15) is 33.6 Å². The molecule has 0 aromatic heterocycles. The highest BCUT2D eigenvalue weighted by atomic mass is 16.6. The second kappa shape index (κ2) is 9.61. The average Bonchev–Trinajstić information content (AvgIpc) is 2.47. The fraction of sp³-hybridized carbons (Fsp3) is 0.500. The number of carboxylic acid groups (broad SMARTS) is 1. The number of carbonyl (C=O) groups excluding carboxylic acids is 1. The highest BCUT2D eigenvalue weighted by Crippen LogP contribution is 2.30. The minimum atomic E-state index is -0.895. The molecule has 0 aliphatic carbocycles. The molecule has 1 aromatic carbocycles. The number of amides is 1. The molecule has 0 radical (unpaired) electrons. The Labute approximate surface area is 141 Å². The van der Waals surface area contributed by atoms with E-state index < -0.39 is 16.3 Å². The van der Waals surface area contributed by atoms with Crippen molar-refractivity contribution in [2.75, 3.05) is 12.4 Å². The van der Waals surface area contributed by atoms with E-state index in [-0.39, 0.29) is 23.9 Å². The smallest absolute Gasteiger partial charge is 0.303 e. The van der Waals surface area contributed by atoms with Crippen molar-refractivity contribution in [3.63, 3.8) is 0 Å². The molecule has 4 N–H and O–H groups in total. The van der Waals surface area contributed by atoms with Crippen LogP contribution in [-0.2, 0) is 9.59 Å².